The summed E-state index contributed by atoms with van der Waals surface area (Å²) in [5.41, 5.74) is 2.91. The highest BCUT2D eigenvalue weighted by Crippen LogP contribution is 2.14. The Labute approximate surface area is 164 Å². The van der Waals surface area contributed by atoms with Gasteiger partial charge in [-0.2, -0.15) is 4.98 Å². The third kappa shape index (κ3) is 5.99. The number of pyridine rings is 1. The fourth-order valence-electron chi connectivity index (χ4n) is 2.57. The normalized spacial score (nSPS) is 11.0. The molecule has 1 N–H and O–H groups in total. The molecule has 2 heterocycles. The number of nitrogens with one attached hydrogen (secondary N) is 1. The highest BCUT2D eigenvalue weighted by atomic mass is 16.5. The summed E-state index contributed by atoms with van der Waals surface area (Å²) in [4.78, 5) is 20.5. The van der Waals surface area contributed by atoms with Crippen molar-refractivity contribution in [3.63, 3.8) is 0 Å². The largest absolute Gasteiger partial charge is 0.374 e. The van der Waals surface area contributed by atoms with Crippen LogP contribution in [0.3, 0.4) is 0 Å². The average molecular weight is 380 g/mol. The molecule has 7 nitrogen and oxygen atoms in total. The van der Waals surface area contributed by atoms with Crippen molar-refractivity contribution < 1.29 is 14.1 Å². The van der Waals surface area contributed by atoms with E-state index in [0.717, 1.165) is 16.7 Å². The number of aryl methyl sites for hydroxylation is 1. The van der Waals surface area contributed by atoms with Gasteiger partial charge in [-0.15, -0.1) is 0 Å². The van der Waals surface area contributed by atoms with Crippen LogP contribution in [0.4, 0.5) is 0 Å². The second kappa shape index (κ2) is 9.75. The molecule has 146 valence electrons. The zero-order chi connectivity index (χ0) is 19.8. The number of carbonyl (C=O) groups is 1. The Morgan fingerprint density at radius 1 is 1.21 bits per heavy atom. The molecule has 0 spiro atoms. The van der Waals surface area contributed by atoms with E-state index in [1.54, 1.807) is 12.4 Å². The zero-order valence-corrected chi connectivity index (χ0v) is 16.1. The zero-order valence-electron chi connectivity index (χ0n) is 16.1. The number of carbonyl (C=O) groups excluding carboxylic acids is 1. The second-order valence-corrected chi connectivity index (χ2v) is 6.71. The number of hydrogen-bond donors (Lipinski definition) is 1. The molecular formula is C21H24N4O3. The molecule has 3 aromatic rings. The molecule has 0 unspecified atom stereocenters. The van der Waals surface area contributed by atoms with Crippen LogP contribution in [-0.2, 0) is 29.1 Å². The van der Waals surface area contributed by atoms with E-state index < -0.39 is 0 Å². The topological polar surface area (TPSA) is 90.1 Å². The molecule has 7 heteroatoms. The molecule has 1 amide bonds. The molecule has 0 bridgehead atoms. The van der Waals surface area contributed by atoms with Crippen LogP contribution in [0.1, 0.15) is 37.3 Å². The molecule has 3 rings (SSSR count). The van der Waals surface area contributed by atoms with Gasteiger partial charge >= 0.3 is 0 Å². The standard InChI is InChI=1S/C21H24N4O3/c1-15(2)27-14-17-6-3-5-16(11-17)12-23-19(26)8-9-20-24-21(25-28-20)18-7-4-10-22-13-18/h3-7,10-11,13,15H,8-9,12,14H2,1-2H3,(H,23,26). The molecule has 0 radical (unpaired) electrons. The maximum Gasteiger partial charge on any atom is 0.227 e. The van der Waals surface area contributed by atoms with Crippen molar-refractivity contribution in [1.29, 1.82) is 0 Å². The summed E-state index contributed by atoms with van der Waals surface area (Å²) < 4.78 is 10.8. The SMILES string of the molecule is CC(C)OCc1cccc(CNC(=O)CCc2nc(-c3cccnc3)no2)c1. The Balaban J connectivity index is 1.45. The molecule has 0 saturated carbocycles. The number of hydrogen-bond acceptors (Lipinski definition) is 6. The fraction of sp³-hybridized carbons (Fsp3) is 0.333. The van der Waals surface area contributed by atoms with Gasteiger partial charge in [0.25, 0.3) is 0 Å². The number of amides is 1. The molecule has 2 aromatic heterocycles. The summed E-state index contributed by atoms with van der Waals surface area (Å²) in [5, 5.41) is 6.85. The molecule has 0 aliphatic rings. The maximum atomic E-state index is 12.1. The minimum absolute atomic E-state index is 0.0649. The lowest BCUT2D eigenvalue weighted by Gasteiger charge is -2.09. The number of rotatable bonds is 9. The number of nitrogens with zero attached hydrogens (tertiary/aromatic N) is 3. The molecule has 28 heavy (non-hydrogen) atoms. The van der Waals surface area contributed by atoms with Crippen molar-refractivity contribution in [1.82, 2.24) is 20.4 Å². The van der Waals surface area contributed by atoms with E-state index in [2.05, 4.69) is 20.4 Å². The summed E-state index contributed by atoms with van der Waals surface area (Å²) >= 11 is 0. The first-order chi connectivity index (χ1) is 13.6. The summed E-state index contributed by atoms with van der Waals surface area (Å²) in [5.74, 6) is 0.843. The molecule has 0 atom stereocenters. The van der Waals surface area contributed by atoms with E-state index in [-0.39, 0.29) is 18.4 Å². The average Bonchev–Trinajstić information content (AvgIpc) is 3.19. The van der Waals surface area contributed by atoms with E-state index in [9.17, 15) is 4.79 Å². The van der Waals surface area contributed by atoms with Gasteiger partial charge in [-0.25, -0.2) is 0 Å². The van der Waals surface area contributed by atoms with Crippen LogP contribution in [0.2, 0.25) is 0 Å². The van der Waals surface area contributed by atoms with Crippen LogP contribution < -0.4 is 5.32 Å². The predicted molar refractivity (Wildman–Crippen MR) is 104 cm³/mol. The first-order valence-electron chi connectivity index (χ1n) is 9.29. The van der Waals surface area contributed by atoms with Crippen molar-refractivity contribution in [2.45, 2.75) is 45.9 Å². The first kappa shape index (κ1) is 19.7. The molecule has 0 aliphatic heterocycles. The number of ether oxygens (including phenoxy) is 1. The third-order valence-corrected chi connectivity index (χ3v) is 4.02. The molecular weight excluding hydrogens is 356 g/mol. The summed E-state index contributed by atoms with van der Waals surface area (Å²) in [6.07, 6.45) is 4.21. The monoisotopic (exact) mass is 380 g/mol. The van der Waals surface area contributed by atoms with Crippen LogP contribution in [-0.4, -0.2) is 27.1 Å². The lowest BCUT2D eigenvalue weighted by atomic mass is 10.1. The van der Waals surface area contributed by atoms with Crippen molar-refractivity contribution in [3.05, 3.63) is 65.8 Å². The lowest BCUT2D eigenvalue weighted by Crippen LogP contribution is -2.23. The van der Waals surface area contributed by atoms with E-state index in [1.807, 2.05) is 50.2 Å². The Morgan fingerprint density at radius 3 is 2.86 bits per heavy atom. The van der Waals surface area contributed by atoms with Gasteiger partial charge in [-0.05, 0) is 37.1 Å². The first-order valence-corrected chi connectivity index (χ1v) is 9.29. The Hall–Kier alpha value is -3.06. The van der Waals surface area contributed by atoms with Crippen molar-refractivity contribution in [3.8, 4) is 11.4 Å². The van der Waals surface area contributed by atoms with Gasteiger partial charge < -0.3 is 14.6 Å². The Morgan fingerprint density at radius 2 is 2.07 bits per heavy atom. The minimum Gasteiger partial charge on any atom is -0.374 e. The van der Waals surface area contributed by atoms with Gasteiger partial charge in [-0.1, -0.05) is 29.4 Å². The van der Waals surface area contributed by atoms with Crippen LogP contribution in [0.25, 0.3) is 11.4 Å². The third-order valence-electron chi connectivity index (χ3n) is 4.02. The van der Waals surface area contributed by atoms with E-state index in [1.165, 1.54) is 0 Å². The summed E-state index contributed by atoms with van der Waals surface area (Å²) in [7, 11) is 0. The van der Waals surface area contributed by atoms with Gasteiger partial charge in [0.1, 0.15) is 0 Å². The second-order valence-electron chi connectivity index (χ2n) is 6.71. The Bertz CT molecular complexity index is 893. The van der Waals surface area contributed by atoms with Crippen LogP contribution >= 0.6 is 0 Å². The highest BCUT2D eigenvalue weighted by Gasteiger charge is 2.11. The van der Waals surface area contributed by atoms with Crippen molar-refractivity contribution >= 4 is 5.91 Å². The van der Waals surface area contributed by atoms with Crippen molar-refractivity contribution in [2.24, 2.45) is 0 Å². The number of aromatic nitrogens is 3. The van der Waals surface area contributed by atoms with Crippen LogP contribution in [0.5, 0.6) is 0 Å². The quantitative estimate of drug-likeness (QED) is 0.612. The predicted octanol–water partition coefficient (Wildman–Crippen LogP) is 3.31. The van der Waals surface area contributed by atoms with Gasteiger partial charge in [0.05, 0.1) is 12.7 Å². The smallest absolute Gasteiger partial charge is 0.227 e. The minimum atomic E-state index is -0.0649. The highest BCUT2D eigenvalue weighted by molar-refractivity contribution is 5.76. The fourth-order valence-corrected chi connectivity index (χ4v) is 2.57. The molecule has 0 saturated heterocycles. The summed E-state index contributed by atoms with van der Waals surface area (Å²) in [6.45, 7) is 5.05. The van der Waals surface area contributed by atoms with E-state index in [4.69, 9.17) is 9.26 Å². The van der Waals surface area contributed by atoms with Gasteiger partial charge in [0, 0.05) is 37.3 Å². The molecule has 0 aliphatic carbocycles. The van der Waals surface area contributed by atoms with E-state index in [0.29, 0.717) is 31.3 Å². The molecule has 0 fully saturated rings. The Kier molecular flexibility index (Phi) is 6.86. The van der Waals surface area contributed by atoms with Crippen LogP contribution in [0, 0.1) is 0 Å². The van der Waals surface area contributed by atoms with Gasteiger partial charge in [0.15, 0.2) is 0 Å². The van der Waals surface area contributed by atoms with Crippen molar-refractivity contribution in [2.75, 3.05) is 0 Å². The maximum absolute atomic E-state index is 12.1. The molecule has 1 aromatic carbocycles. The van der Waals surface area contributed by atoms with Gasteiger partial charge in [0.2, 0.25) is 17.6 Å². The summed E-state index contributed by atoms with van der Waals surface area (Å²) in [6, 6.07) is 11.7. The van der Waals surface area contributed by atoms with Gasteiger partial charge in [-0.3, -0.25) is 9.78 Å². The van der Waals surface area contributed by atoms with Crippen LogP contribution in [0.15, 0.2) is 53.3 Å². The van der Waals surface area contributed by atoms with E-state index >= 15 is 0 Å². The lowest BCUT2D eigenvalue weighted by molar-refractivity contribution is -0.121. The number of benzene rings is 1.